The highest BCUT2D eigenvalue weighted by Crippen LogP contribution is 2.28. The Kier molecular flexibility index (Phi) is 6.19. The van der Waals surface area contributed by atoms with E-state index in [9.17, 15) is 18.5 Å². The SMILES string of the molecule is COc1ccc(OC)c(S(=O)(=O)N/N=C/c2ccc(OC)c([N+](=O)[O-])c2)c1. The summed E-state index contributed by atoms with van der Waals surface area (Å²) < 4.78 is 39.9. The van der Waals surface area contributed by atoms with Crippen LogP contribution < -0.4 is 19.0 Å². The number of nitro groups is 1. The van der Waals surface area contributed by atoms with Crippen molar-refractivity contribution in [3.05, 3.63) is 52.1 Å². The number of methoxy groups -OCH3 is 3. The number of rotatable bonds is 8. The zero-order chi connectivity index (χ0) is 20.0. The Morgan fingerprint density at radius 2 is 1.70 bits per heavy atom. The molecule has 0 aromatic heterocycles. The fourth-order valence-electron chi connectivity index (χ4n) is 2.14. The van der Waals surface area contributed by atoms with Crippen LogP contribution in [0.2, 0.25) is 0 Å². The molecule has 2 rings (SSSR count). The van der Waals surface area contributed by atoms with Gasteiger partial charge in [-0.2, -0.15) is 18.4 Å². The maximum absolute atomic E-state index is 12.5. The topological polar surface area (TPSA) is 129 Å². The molecule has 0 saturated carbocycles. The minimum absolute atomic E-state index is 0.0823. The zero-order valence-electron chi connectivity index (χ0n) is 14.7. The average molecular weight is 395 g/mol. The van der Waals surface area contributed by atoms with Gasteiger partial charge in [0.25, 0.3) is 10.0 Å². The Balaban J connectivity index is 2.28. The summed E-state index contributed by atoms with van der Waals surface area (Å²) in [5.74, 6) is 0.517. The Morgan fingerprint density at radius 3 is 2.30 bits per heavy atom. The number of benzene rings is 2. The predicted octanol–water partition coefficient (Wildman–Crippen LogP) is 1.93. The molecule has 0 fully saturated rings. The second-order valence-corrected chi connectivity index (χ2v) is 6.69. The maximum Gasteiger partial charge on any atom is 0.311 e. The van der Waals surface area contributed by atoms with Crippen LogP contribution in [0.5, 0.6) is 17.2 Å². The molecule has 10 nitrogen and oxygen atoms in total. The van der Waals surface area contributed by atoms with Gasteiger partial charge in [0.05, 0.1) is 32.5 Å². The molecule has 0 aliphatic heterocycles. The fourth-order valence-corrected chi connectivity index (χ4v) is 3.12. The lowest BCUT2D eigenvalue weighted by Gasteiger charge is -2.10. The van der Waals surface area contributed by atoms with Crippen LogP contribution in [0.4, 0.5) is 5.69 Å². The van der Waals surface area contributed by atoms with Gasteiger partial charge in [0.1, 0.15) is 16.4 Å². The van der Waals surface area contributed by atoms with Gasteiger partial charge in [-0.3, -0.25) is 10.1 Å². The number of hydrogen-bond donors (Lipinski definition) is 1. The van der Waals surface area contributed by atoms with Gasteiger partial charge in [0, 0.05) is 17.7 Å². The molecule has 0 aliphatic carbocycles. The predicted molar refractivity (Wildman–Crippen MR) is 97.1 cm³/mol. The summed E-state index contributed by atoms with van der Waals surface area (Å²) in [6, 6.07) is 8.38. The monoisotopic (exact) mass is 395 g/mol. The maximum atomic E-state index is 12.5. The standard InChI is InChI=1S/C16H17N3O7S/c1-24-12-5-7-15(26-3)16(9-12)27(22,23)18-17-10-11-4-6-14(25-2)13(8-11)19(20)21/h4-10,18H,1-3H3/b17-10+. The summed E-state index contributed by atoms with van der Waals surface area (Å²) in [5, 5.41) is 14.7. The second-order valence-electron chi connectivity index (χ2n) is 5.06. The van der Waals surface area contributed by atoms with Gasteiger partial charge >= 0.3 is 5.69 Å². The largest absolute Gasteiger partial charge is 0.497 e. The Hall–Kier alpha value is -3.34. The van der Waals surface area contributed by atoms with Crippen molar-refractivity contribution in [3.63, 3.8) is 0 Å². The van der Waals surface area contributed by atoms with E-state index in [1.54, 1.807) is 6.07 Å². The first-order chi connectivity index (χ1) is 12.8. The van der Waals surface area contributed by atoms with Crippen molar-refractivity contribution >= 4 is 21.9 Å². The van der Waals surface area contributed by atoms with Crippen LogP contribution in [0.3, 0.4) is 0 Å². The number of ether oxygens (including phenoxy) is 3. The lowest BCUT2D eigenvalue weighted by atomic mass is 10.2. The Bertz CT molecular complexity index is 974. The molecular weight excluding hydrogens is 378 g/mol. The van der Waals surface area contributed by atoms with E-state index in [1.165, 1.54) is 51.7 Å². The Labute approximate surface area is 155 Å². The van der Waals surface area contributed by atoms with Gasteiger partial charge in [-0.15, -0.1) is 0 Å². The van der Waals surface area contributed by atoms with E-state index in [4.69, 9.17) is 14.2 Å². The second kappa shape index (κ2) is 8.36. The first-order valence-electron chi connectivity index (χ1n) is 7.41. The number of hydrazone groups is 1. The summed E-state index contributed by atoms with van der Waals surface area (Å²) in [5.41, 5.74) is 0.0431. The molecule has 2 aromatic rings. The number of nitro benzene ring substituents is 1. The number of hydrogen-bond acceptors (Lipinski definition) is 8. The normalized spacial score (nSPS) is 11.2. The smallest absolute Gasteiger partial charge is 0.311 e. The summed E-state index contributed by atoms with van der Waals surface area (Å²) in [7, 11) is -0.00822. The molecule has 27 heavy (non-hydrogen) atoms. The third-order valence-corrected chi connectivity index (χ3v) is 4.69. The van der Waals surface area contributed by atoms with Gasteiger partial charge in [0.2, 0.25) is 0 Å². The van der Waals surface area contributed by atoms with E-state index >= 15 is 0 Å². The van der Waals surface area contributed by atoms with Crippen molar-refractivity contribution in [1.29, 1.82) is 0 Å². The van der Waals surface area contributed by atoms with Crippen molar-refractivity contribution in [1.82, 2.24) is 4.83 Å². The molecule has 0 saturated heterocycles. The molecule has 0 spiro atoms. The van der Waals surface area contributed by atoms with Gasteiger partial charge in [-0.25, -0.2) is 0 Å². The summed E-state index contributed by atoms with van der Waals surface area (Å²) in [6.07, 6.45) is 1.14. The number of sulfonamides is 1. The van der Waals surface area contributed by atoms with Crippen LogP contribution in [0.25, 0.3) is 0 Å². The highest BCUT2D eigenvalue weighted by Gasteiger charge is 2.20. The molecule has 0 radical (unpaired) electrons. The minimum Gasteiger partial charge on any atom is -0.497 e. The van der Waals surface area contributed by atoms with Crippen LogP contribution in [0, 0.1) is 10.1 Å². The van der Waals surface area contributed by atoms with Crippen molar-refractivity contribution in [2.24, 2.45) is 5.10 Å². The van der Waals surface area contributed by atoms with Gasteiger partial charge in [-0.1, -0.05) is 0 Å². The van der Waals surface area contributed by atoms with Crippen molar-refractivity contribution in [3.8, 4) is 17.2 Å². The molecule has 2 aromatic carbocycles. The molecule has 0 bridgehead atoms. The highest BCUT2D eigenvalue weighted by molar-refractivity contribution is 7.89. The lowest BCUT2D eigenvalue weighted by molar-refractivity contribution is -0.385. The first kappa shape index (κ1) is 20.0. The highest BCUT2D eigenvalue weighted by atomic mass is 32.2. The zero-order valence-corrected chi connectivity index (χ0v) is 15.5. The molecule has 144 valence electrons. The number of nitrogens with one attached hydrogen (secondary N) is 1. The van der Waals surface area contributed by atoms with Crippen LogP contribution in [-0.2, 0) is 10.0 Å². The number of nitrogens with zero attached hydrogens (tertiary/aromatic N) is 2. The van der Waals surface area contributed by atoms with Crippen LogP contribution in [0.15, 0.2) is 46.4 Å². The molecular formula is C16H17N3O7S. The molecule has 0 aliphatic rings. The van der Waals surface area contributed by atoms with E-state index in [1.807, 2.05) is 4.83 Å². The minimum atomic E-state index is -4.06. The van der Waals surface area contributed by atoms with E-state index in [0.717, 1.165) is 6.21 Å². The molecule has 0 atom stereocenters. The van der Waals surface area contributed by atoms with Gasteiger partial charge in [-0.05, 0) is 24.3 Å². The van der Waals surface area contributed by atoms with Crippen molar-refractivity contribution in [2.45, 2.75) is 4.90 Å². The first-order valence-corrected chi connectivity index (χ1v) is 8.90. The van der Waals surface area contributed by atoms with Crippen LogP contribution >= 0.6 is 0 Å². The van der Waals surface area contributed by atoms with E-state index in [2.05, 4.69) is 5.10 Å². The fraction of sp³-hybridized carbons (Fsp3) is 0.188. The van der Waals surface area contributed by atoms with Gasteiger partial charge < -0.3 is 14.2 Å². The van der Waals surface area contributed by atoms with E-state index in [0.29, 0.717) is 11.3 Å². The molecule has 0 unspecified atom stereocenters. The van der Waals surface area contributed by atoms with E-state index < -0.39 is 14.9 Å². The summed E-state index contributed by atoms with van der Waals surface area (Å²) in [4.78, 5) is 12.3. The van der Waals surface area contributed by atoms with Gasteiger partial charge in [0.15, 0.2) is 5.75 Å². The molecule has 11 heteroatoms. The molecule has 0 amide bonds. The summed E-state index contributed by atoms with van der Waals surface area (Å²) >= 11 is 0. The Morgan fingerprint density at radius 1 is 1.04 bits per heavy atom. The summed E-state index contributed by atoms with van der Waals surface area (Å²) in [6.45, 7) is 0. The third-order valence-electron chi connectivity index (χ3n) is 3.45. The van der Waals surface area contributed by atoms with Crippen LogP contribution in [0.1, 0.15) is 5.56 Å². The van der Waals surface area contributed by atoms with Crippen LogP contribution in [-0.4, -0.2) is 40.9 Å². The third kappa shape index (κ3) is 4.64. The van der Waals surface area contributed by atoms with Crippen molar-refractivity contribution in [2.75, 3.05) is 21.3 Å². The van der Waals surface area contributed by atoms with Crippen molar-refractivity contribution < 1.29 is 27.6 Å². The average Bonchev–Trinajstić information content (AvgIpc) is 2.67. The molecule has 0 heterocycles. The quantitative estimate of drug-likeness (QED) is 0.411. The lowest BCUT2D eigenvalue weighted by Crippen LogP contribution is -2.19. The molecule has 1 N–H and O–H groups in total. The van der Waals surface area contributed by atoms with E-state index in [-0.39, 0.29) is 22.1 Å².